The van der Waals surface area contributed by atoms with E-state index in [9.17, 15) is 4.79 Å². The third kappa shape index (κ3) is 5.52. The molecule has 0 fully saturated rings. The van der Waals surface area contributed by atoms with E-state index in [-0.39, 0.29) is 24.7 Å². The number of rotatable bonds is 9. The molecule has 0 N–H and O–H groups in total. The highest BCUT2D eigenvalue weighted by molar-refractivity contribution is 5.91. The van der Waals surface area contributed by atoms with Crippen molar-refractivity contribution in [2.24, 2.45) is 0 Å². The molecule has 2 heterocycles. The molecule has 0 atom stereocenters. The van der Waals surface area contributed by atoms with E-state index in [1.807, 2.05) is 98.0 Å². The van der Waals surface area contributed by atoms with Gasteiger partial charge >= 0.3 is 5.97 Å². The summed E-state index contributed by atoms with van der Waals surface area (Å²) in [5, 5.41) is 8.46. The van der Waals surface area contributed by atoms with Crippen LogP contribution in [0.4, 0.5) is 0 Å². The van der Waals surface area contributed by atoms with Gasteiger partial charge in [-0.25, -0.2) is 9.48 Å². The highest BCUT2D eigenvalue weighted by Crippen LogP contribution is 2.30. The largest absolute Gasteiger partial charge is 0.481 e. The Morgan fingerprint density at radius 2 is 1.44 bits per heavy atom. The Kier molecular flexibility index (Phi) is 6.89. The molecule has 4 aromatic rings. The molecule has 0 unspecified atom stereocenters. The number of carbonyl (C=O) groups excluding carboxylic acids is 1. The van der Waals surface area contributed by atoms with Crippen LogP contribution in [0, 0.1) is 6.92 Å². The van der Waals surface area contributed by atoms with Gasteiger partial charge in [0.2, 0.25) is 5.76 Å². The maximum Gasteiger partial charge on any atom is 0.383 e. The van der Waals surface area contributed by atoms with Gasteiger partial charge < -0.3 is 14.2 Å². The standard InChI is InChI=1S/C29H25N3O4/c1-21-12-14-24(15-13-21)25-18-32(31-30-25)17-16-26-27(34-19-22-8-4-2-5-9-22)28(29(33)36-26)35-20-23-10-6-3-7-11-23/h2-16,18H,17,19-20H2,1H3/b26-16-. The summed E-state index contributed by atoms with van der Waals surface area (Å²) in [5.41, 5.74) is 4.82. The third-order valence-electron chi connectivity index (χ3n) is 5.62. The molecule has 180 valence electrons. The van der Waals surface area contributed by atoms with Crippen molar-refractivity contribution in [3.63, 3.8) is 0 Å². The van der Waals surface area contributed by atoms with E-state index in [0.717, 1.165) is 22.4 Å². The van der Waals surface area contributed by atoms with Gasteiger partial charge in [0, 0.05) is 5.56 Å². The number of cyclic esters (lactones) is 1. The van der Waals surface area contributed by atoms with Gasteiger partial charge in [-0.1, -0.05) is 95.7 Å². The lowest BCUT2D eigenvalue weighted by Gasteiger charge is -2.10. The van der Waals surface area contributed by atoms with E-state index in [0.29, 0.717) is 12.3 Å². The molecule has 1 aromatic heterocycles. The molecule has 0 aliphatic carbocycles. The van der Waals surface area contributed by atoms with Gasteiger partial charge in [0.25, 0.3) is 5.76 Å². The van der Waals surface area contributed by atoms with Crippen molar-refractivity contribution in [2.45, 2.75) is 26.7 Å². The monoisotopic (exact) mass is 479 g/mol. The first kappa shape index (κ1) is 23.1. The van der Waals surface area contributed by atoms with Crippen LogP contribution in [0.5, 0.6) is 0 Å². The molecular formula is C29H25N3O4. The van der Waals surface area contributed by atoms with Crippen molar-refractivity contribution in [1.29, 1.82) is 0 Å². The summed E-state index contributed by atoms with van der Waals surface area (Å²) in [7, 11) is 0. The van der Waals surface area contributed by atoms with Crippen molar-refractivity contribution in [2.75, 3.05) is 0 Å². The fourth-order valence-corrected chi connectivity index (χ4v) is 3.67. The fraction of sp³-hybridized carbons (Fsp3) is 0.138. The number of esters is 1. The lowest BCUT2D eigenvalue weighted by molar-refractivity contribution is -0.136. The molecule has 0 amide bonds. The zero-order valence-corrected chi connectivity index (χ0v) is 19.8. The normalized spacial score (nSPS) is 14.2. The number of aromatic nitrogens is 3. The minimum Gasteiger partial charge on any atom is -0.481 e. The van der Waals surface area contributed by atoms with Crippen LogP contribution in [-0.2, 0) is 38.8 Å². The summed E-state index contributed by atoms with van der Waals surface area (Å²) in [5.74, 6) is 0.0455. The van der Waals surface area contributed by atoms with Crippen molar-refractivity contribution in [1.82, 2.24) is 15.0 Å². The number of hydrogen-bond acceptors (Lipinski definition) is 6. The molecule has 0 radical (unpaired) electrons. The first-order chi connectivity index (χ1) is 17.7. The highest BCUT2D eigenvalue weighted by Gasteiger charge is 2.34. The fourth-order valence-electron chi connectivity index (χ4n) is 3.67. The number of benzene rings is 3. The van der Waals surface area contributed by atoms with Crippen molar-refractivity contribution in [3.05, 3.63) is 131 Å². The topological polar surface area (TPSA) is 75.5 Å². The van der Waals surface area contributed by atoms with Gasteiger partial charge in [0.05, 0.1) is 12.7 Å². The van der Waals surface area contributed by atoms with E-state index in [1.165, 1.54) is 5.56 Å². The zero-order valence-electron chi connectivity index (χ0n) is 19.8. The van der Waals surface area contributed by atoms with E-state index in [4.69, 9.17) is 14.2 Å². The Morgan fingerprint density at radius 3 is 2.08 bits per heavy atom. The number of carbonyl (C=O) groups is 1. The molecule has 0 spiro atoms. The third-order valence-corrected chi connectivity index (χ3v) is 5.62. The average molecular weight is 480 g/mol. The lowest BCUT2D eigenvalue weighted by atomic mass is 10.1. The van der Waals surface area contributed by atoms with Crippen molar-refractivity contribution < 1.29 is 19.0 Å². The molecule has 7 heteroatoms. The van der Waals surface area contributed by atoms with Gasteiger partial charge in [-0.05, 0) is 24.1 Å². The lowest BCUT2D eigenvalue weighted by Crippen LogP contribution is -2.04. The summed E-state index contributed by atoms with van der Waals surface area (Å²) >= 11 is 0. The second kappa shape index (κ2) is 10.7. The smallest absolute Gasteiger partial charge is 0.383 e. The van der Waals surface area contributed by atoms with E-state index >= 15 is 0 Å². The maximum absolute atomic E-state index is 12.7. The maximum atomic E-state index is 12.7. The van der Waals surface area contributed by atoms with Crippen molar-refractivity contribution >= 4 is 5.97 Å². The van der Waals surface area contributed by atoms with Crippen LogP contribution < -0.4 is 0 Å². The molecule has 0 saturated carbocycles. The van der Waals surface area contributed by atoms with Crippen LogP contribution in [0.3, 0.4) is 0 Å². The molecule has 3 aromatic carbocycles. The summed E-state index contributed by atoms with van der Waals surface area (Å²) in [4.78, 5) is 12.7. The Labute approximate surface area is 209 Å². The molecule has 5 rings (SSSR count). The summed E-state index contributed by atoms with van der Waals surface area (Å²) < 4.78 is 19.1. The molecule has 1 aliphatic rings. The predicted octanol–water partition coefficient (Wildman–Crippen LogP) is 5.34. The van der Waals surface area contributed by atoms with Gasteiger partial charge in [-0.15, -0.1) is 5.10 Å². The first-order valence-electron chi connectivity index (χ1n) is 11.6. The first-order valence-corrected chi connectivity index (χ1v) is 11.6. The van der Waals surface area contributed by atoms with Crippen LogP contribution in [0.15, 0.2) is 114 Å². The Morgan fingerprint density at radius 1 is 0.833 bits per heavy atom. The second-order valence-electron chi connectivity index (χ2n) is 8.36. The summed E-state index contributed by atoms with van der Waals surface area (Å²) in [6.45, 7) is 2.87. The highest BCUT2D eigenvalue weighted by atomic mass is 16.6. The Bertz CT molecular complexity index is 1390. The molecule has 0 bridgehead atoms. The minimum absolute atomic E-state index is 0.0555. The second-order valence-corrected chi connectivity index (χ2v) is 8.36. The van der Waals surface area contributed by atoms with E-state index < -0.39 is 5.97 Å². The van der Waals surface area contributed by atoms with Gasteiger partial charge in [-0.2, -0.15) is 0 Å². The SMILES string of the molecule is Cc1ccc(-c2cn(C/C=C3\OC(=O)C(OCc4ccccc4)=C3OCc3ccccc3)nn2)cc1. The molecular weight excluding hydrogens is 454 g/mol. The zero-order chi connectivity index (χ0) is 24.7. The number of hydrogen-bond donors (Lipinski definition) is 0. The minimum atomic E-state index is -0.584. The van der Waals surface area contributed by atoms with Crippen LogP contribution in [0.25, 0.3) is 11.3 Å². The van der Waals surface area contributed by atoms with Gasteiger partial charge in [-0.3, -0.25) is 0 Å². The number of nitrogens with zero attached hydrogens (tertiary/aromatic N) is 3. The predicted molar refractivity (Wildman–Crippen MR) is 134 cm³/mol. The van der Waals surface area contributed by atoms with Crippen LogP contribution in [0.2, 0.25) is 0 Å². The Balaban J connectivity index is 1.36. The molecule has 7 nitrogen and oxygen atoms in total. The van der Waals surface area contributed by atoms with Crippen molar-refractivity contribution in [3.8, 4) is 11.3 Å². The Hall–Kier alpha value is -4.65. The summed E-state index contributed by atoms with van der Waals surface area (Å²) in [6, 6.07) is 27.4. The average Bonchev–Trinajstić information content (AvgIpc) is 3.50. The molecule has 36 heavy (non-hydrogen) atoms. The van der Waals surface area contributed by atoms with E-state index in [2.05, 4.69) is 10.3 Å². The van der Waals surface area contributed by atoms with E-state index in [1.54, 1.807) is 10.8 Å². The molecule has 0 saturated heterocycles. The summed E-state index contributed by atoms with van der Waals surface area (Å²) in [6.07, 6.45) is 3.59. The van der Waals surface area contributed by atoms with Gasteiger partial charge in [0.15, 0.2) is 5.76 Å². The number of ether oxygens (including phenoxy) is 3. The van der Waals surface area contributed by atoms with Gasteiger partial charge in [0.1, 0.15) is 18.9 Å². The quantitative estimate of drug-likeness (QED) is 0.302. The van der Waals surface area contributed by atoms with Crippen LogP contribution in [-0.4, -0.2) is 21.0 Å². The van der Waals surface area contributed by atoms with Crippen LogP contribution >= 0.6 is 0 Å². The molecule has 1 aliphatic heterocycles. The van der Waals surface area contributed by atoms with Crippen LogP contribution in [0.1, 0.15) is 16.7 Å². The number of aryl methyl sites for hydroxylation is 1. The number of allylic oxidation sites excluding steroid dienone is 1.